The molecule has 3 nitrogen and oxygen atoms in total. The third-order valence-corrected chi connectivity index (χ3v) is 4.07. The van der Waals surface area contributed by atoms with Crippen molar-refractivity contribution < 1.29 is 31.5 Å². The summed E-state index contributed by atoms with van der Waals surface area (Å²) < 4.78 is 75.3. The second kappa shape index (κ2) is 7.79. The SMILES string of the molecule is OCCN(c1ccccc1)[C@H](c1ccco1)c1c(F)c(F)c(F)c(F)c1F. The van der Waals surface area contributed by atoms with Gasteiger partial charge in [-0.1, -0.05) is 18.2 Å². The molecule has 0 aliphatic heterocycles. The van der Waals surface area contributed by atoms with Gasteiger partial charge in [0.25, 0.3) is 0 Å². The van der Waals surface area contributed by atoms with Crippen LogP contribution in [-0.4, -0.2) is 18.3 Å². The number of benzene rings is 2. The molecule has 0 aliphatic rings. The molecular formula is C19H14F5NO2. The summed E-state index contributed by atoms with van der Waals surface area (Å²) in [6.07, 6.45) is 1.22. The van der Waals surface area contributed by atoms with E-state index in [9.17, 15) is 27.1 Å². The number of hydrogen-bond acceptors (Lipinski definition) is 3. The molecule has 0 saturated carbocycles. The minimum atomic E-state index is -2.24. The summed E-state index contributed by atoms with van der Waals surface area (Å²) in [4.78, 5) is 1.30. The average molecular weight is 383 g/mol. The van der Waals surface area contributed by atoms with E-state index < -0.39 is 47.3 Å². The lowest BCUT2D eigenvalue weighted by atomic mass is 9.99. The van der Waals surface area contributed by atoms with E-state index in [1.807, 2.05) is 0 Å². The van der Waals surface area contributed by atoms with Crippen LogP contribution in [0.2, 0.25) is 0 Å². The fourth-order valence-electron chi connectivity index (χ4n) is 2.89. The first-order chi connectivity index (χ1) is 13.0. The van der Waals surface area contributed by atoms with Crippen LogP contribution in [0.5, 0.6) is 0 Å². The van der Waals surface area contributed by atoms with Crippen molar-refractivity contribution in [2.24, 2.45) is 0 Å². The maximum Gasteiger partial charge on any atom is 0.200 e. The van der Waals surface area contributed by atoms with Gasteiger partial charge in [0.05, 0.1) is 18.4 Å². The van der Waals surface area contributed by atoms with Crippen LogP contribution in [0.1, 0.15) is 17.4 Å². The Morgan fingerprint density at radius 3 is 1.93 bits per heavy atom. The highest BCUT2D eigenvalue weighted by Crippen LogP contribution is 2.38. The van der Waals surface area contributed by atoms with Crippen LogP contribution in [-0.2, 0) is 0 Å². The molecule has 0 radical (unpaired) electrons. The number of aliphatic hydroxyl groups is 1. The number of aliphatic hydroxyl groups excluding tert-OH is 1. The van der Waals surface area contributed by atoms with Gasteiger partial charge < -0.3 is 14.4 Å². The maximum atomic E-state index is 14.5. The van der Waals surface area contributed by atoms with Gasteiger partial charge in [0.1, 0.15) is 11.8 Å². The summed E-state index contributed by atoms with van der Waals surface area (Å²) in [7, 11) is 0. The van der Waals surface area contributed by atoms with Crippen molar-refractivity contribution in [1.29, 1.82) is 0 Å². The van der Waals surface area contributed by atoms with E-state index in [0.717, 1.165) is 0 Å². The normalized spacial score (nSPS) is 12.2. The summed E-state index contributed by atoms with van der Waals surface area (Å²) in [5.74, 6) is -10.3. The van der Waals surface area contributed by atoms with Gasteiger partial charge in [-0.25, -0.2) is 22.0 Å². The molecule has 0 saturated heterocycles. The van der Waals surface area contributed by atoms with E-state index in [2.05, 4.69) is 0 Å². The van der Waals surface area contributed by atoms with Crippen molar-refractivity contribution in [3.63, 3.8) is 0 Å². The number of anilines is 1. The lowest BCUT2D eigenvalue weighted by Gasteiger charge is -2.33. The van der Waals surface area contributed by atoms with Crippen LogP contribution < -0.4 is 4.90 Å². The summed E-state index contributed by atoms with van der Waals surface area (Å²) in [6.45, 7) is -0.573. The first-order valence-corrected chi connectivity index (χ1v) is 7.94. The number of rotatable bonds is 6. The van der Waals surface area contributed by atoms with Crippen molar-refractivity contribution in [2.75, 3.05) is 18.1 Å². The summed E-state index contributed by atoms with van der Waals surface area (Å²) in [5.41, 5.74) is -0.657. The second-order valence-electron chi connectivity index (χ2n) is 5.65. The Balaban J connectivity index is 2.28. The Hall–Kier alpha value is -2.87. The first kappa shape index (κ1) is 18.9. The lowest BCUT2D eigenvalue weighted by Crippen LogP contribution is -2.34. The molecule has 0 unspecified atom stereocenters. The highest BCUT2D eigenvalue weighted by atomic mass is 19.2. The number of hydrogen-bond donors (Lipinski definition) is 1. The predicted molar refractivity (Wildman–Crippen MR) is 87.7 cm³/mol. The third-order valence-electron chi connectivity index (χ3n) is 4.07. The van der Waals surface area contributed by atoms with Crippen molar-refractivity contribution in [2.45, 2.75) is 6.04 Å². The highest BCUT2D eigenvalue weighted by molar-refractivity contribution is 5.52. The molecule has 3 rings (SSSR count). The van der Waals surface area contributed by atoms with Gasteiger partial charge in [-0.05, 0) is 24.3 Å². The Labute approximate surface area is 151 Å². The topological polar surface area (TPSA) is 36.6 Å². The number of nitrogens with zero attached hydrogens (tertiary/aromatic N) is 1. The molecular weight excluding hydrogens is 369 g/mol. The van der Waals surface area contributed by atoms with Crippen LogP contribution >= 0.6 is 0 Å². The zero-order valence-corrected chi connectivity index (χ0v) is 13.8. The zero-order chi connectivity index (χ0) is 19.6. The molecule has 0 fully saturated rings. The molecule has 0 spiro atoms. The first-order valence-electron chi connectivity index (χ1n) is 7.94. The van der Waals surface area contributed by atoms with Crippen molar-refractivity contribution in [3.8, 4) is 0 Å². The van der Waals surface area contributed by atoms with Crippen LogP contribution in [0.25, 0.3) is 0 Å². The molecule has 1 atom stereocenters. The van der Waals surface area contributed by atoms with Crippen molar-refractivity contribution in [1.82, 2.24) is 0 Å². The quantitative estimate of drug-likeness (QED) is 0.385. The van der Waals surface area contributed by atoms with E-state index >= 15 is 0 Å². The van der Waals surface area contributed by atoms with E-state index in [-0.39, 0.29) is 12.3 Å². The third kappa shape index (κ3) is 3.40. The van der Waals surface area contributed by atoms with Crippen molar-refractivity contribution >= 4 is 5.69 Å². The molecule has 0 bridgehead atoms. The van der Waals surface area contributed by atoms with E-state index in [4.69, 9.17) is 4.42 Å². The minimum Gasteiger partial charge on any atom is -0.467 e. The zero-order valence-electron chi connectivity index (χ0n) is 13.8. The summed E-state index contributed by atoms with van der Waals surface area (Å²) >= 11 is 0. The summed E-state index contributed by atoms with van der Waals surface area (Å²) in [5, 5.41) is 9.42. The average Bonchev–Trinajstić information content (AvgIpc) is 3.22. The number of furan rings is 1. The maximum absolute atomic E-state index is 14.5. The Morgan fingerprint density at radius 2 is 1.41 bits per heavy atom. The molecule has 1 aromatic heterocycles. The largest absolute Gasteiger partial charge is 0.467 e. The van der Waals surface area contributed by atoms with Gasteiger partial charge in [0, 0.05) is 12.2 Å². The Kier molecular flexibility index (Phi) is 5.46. The van der Waals surface area contributed by atoms with Crippen LogP contribution in [0.3, 0.4) is 0 Å². The molecule has 1 N–H and O–H groups in total. The van der Waals surface area contributed by atoms with Gasteiger partial charge in [0.2, 0.25) is 5.82 Å². The van der Waals surface area contributed by atoms with E-state index in [0.29, 0.717) is 5.69 Å². The predicted octanol–water partition coefficient (Wildman–Crippen LogP) is 4.56. The monoisotopic (exact) mass is 383 g/mol. The molecule has 27 heavy (non-hydrogen) atoms. The standard InChI is InChI=1S/C19H14F5NO2/c20-14-13(15(21)17(23)18(24)16(14)22)19(12-7-4-10-27-12)25(8-9-26)11-5-2-1-3-6-11/h1-7,10,19,26H,8-9H2/t19-/m1/s1. The van der Waals surface area contributed by atoms with Gasteiger partial charge in [0.15, 0.2) is 23.3 Å². The number of para-hydroxylation sites is 1. The van der Waals surface area contributed by atoms with Gasteiger partial charge in [-0.15, -0.1) is 0 Å². The fraction of sp³-hybridized carbons (Fsp3) is 0.158. The van der Waals surface area contributed by atoms with Crippen LogP contribution in [0, 0.1) is 29.1 Å². The highest BCUT2D eigenvalue weighted by Gasteiger charge is 2.36. The van der Waals surface area contributed by atoms with Gasteiger partial charge >= 0.3 is 0 Å². The smallest absolute Gasteiger partial charge is 0.200 e. The summed E-state index contributed by atoms with van der Waals surface area (Å²) in [6, 6.07) is 9.43. The molecule has 3 aromatic rings. The van der Waals surface area contributed by atoms with Gasteiger partial charge in [-0.3, -0.25) is 0 Å². The molecule has 142 valence electrons. The Morgan fingerprint density at radius 1 is 0.815 bits per heavy atom. The van der Waals surface area contributed by atoms with Gasteiger partial charge in [-0.2, -0.15) is 0 Å². The van der Waals surface area contributed by atoms with Crippen molar-refractivity contribution in [3.05, 3.63) is 89.1 Å². The van der Waals surface area contributed by atoms with Crippen LogP contribution in [0.4, 0.5) is 27.6 Å². The van der Waals surface area contributed by atoms with E-state index in [1.165, 1.54) is 23.3 Å². The number of halogens is 5. The second-order valence-corrected chi connectivity index (χ2v) is 5.65. The van der Waals surface area contributed by atoms with E-state index in [1.54, 1.807) is 30.3 Å². The molecule has 8 heteroatoms. The van der Waals surface area contributed by atoms with Crippen LogP contribution in [0.15, 0.2) is 53.1 Å². The molecule has 0 amide bonds. The fourth-order valence-corrected chi connectivity index (χ4v) is 2.89. The molecule has 1 heterocycles. The Bertz CT molecular complexity index is 887. The lowest BCUT2D eigenvalue weighted by molar-refractivity contribution is 0.294. The molecule has 0 aliphatic carbocycles. The minimum absolute atomic E-state index is 0.0458. The molecule has 2 aromatic carbocycles.